The normalized spacial score (nSPS) is 18.0. The molecule has 21 heavy (non-hydrogen) atoms. The topological polar surface area (TPSA) is 50.2 Å². The van der Waals surface area contributed by atoms with E-state index in [0.717, 1.165) is 37.3 Å². The highest BCUT2D eigenvalue weighted by Gasteiger charge is 2.31. The van der Waals surface area contributed by atoms with Crippen LogP contribution >= 0.6 is 0 Å². The van der Waals surface area contributed by atoms with Gasteiger partial charge < -0.3 is 10.2 Å². The summed E-state index contributed by atoms with van der Waals surface area (Å²) in [5.41, 5.74) is 1.95. The van der Waals surface area contributed by atoms with Gasteiger partial charge in [0.1, 0.15) is 0 Å². The number of carbonyl (C=O) groups is 1. The lowest BCUT2D eigenvalue weighted by molar-refractivity contribution is 0.204. The minimum Gasteiger partial charge on any atom is -0.316 e. The monoisotopic (exact) mass is 284 g/mol. The fourth-order valence-electron chi connectivity index (χ4n) is 2.92. The van der Waals surface area contributed by atoms with Crippen molar-refractivity contribution < 1.29 is 4.79 Å². The van der Waals surface area contributed by atoms with Crippen LogP contribution in [0.4, 0.5) is 10.5 Å². The van der Waals surface area contributed by atoms with Crippen LogP contribution < -0.4 is 5.32 Å². The Bertz CT molecular complexity index is 608. The molecule has 0 spiro atoms. The maximum absolute atomic E-state index is 12.5. The molecule has 5 heteroatoms. The zero-order valence-corrected chi connectivity index (χ0v) is 12.2. The quantitative estimate of drug-likeness (QED) is 0.940. The molecular formula is C16H20N4O. The molecule has 2 heterocycles. The van der Waals surface area contributed by atoms with Gasteiger partial charge in [0.2, 0.25) is 0 Å². The number of aromatic nitrogens is 2. The van der Waals surface area contributed by atoms with Crippen molar-refractivity contribution in [3.05, 3.63) is 48.3 Å². The maximum atomic E-state index is 12.5. The van der Waals surface area contributed by atoms with Crippen LogP contribution in [0.25, 0.3) is 0 Å². The lowest BCUT2D eigenvalue weighted by atomic mass is 10.1. The van der Waals surface area contributed by atoms with Crippen LogP contribution in [-0.4, -0.2) is 27.3 Å². The molecule has 1 aromatic heterocycles. The molecule has 1 aromatic carbocycles. The third-order valence-corrected chi connectivity index (χ3v) is 3.93. The smallest absolute Gasteiger partial charge is 0.316 e. The van der Waals surface area contributed by atoms with Crippen molar-refractivity contribution in [2.45, 2.75) is 32.4 Å². The molecule has 1 N–H and O–H groups in total. The van der Waals surface area contributed by atoms with Crippen molar-refractivity contribution in [1.82, 2.24) is 14.7 Å². The Morgan fingerprint density at radius 1 is 1.33 bits per heavy atom. The highest BCUT2D eigenvalue weighted by Crippen LogP contribution is 2.32. The van der Waals surface area contributed by atoms with Crippen LogP contribution in [-0.2, 0) is 6.54 Å². The first-order valence-corrected chi connectivity index (χ1v) is 7.44. The van der Waals surface area contributed by atoms with Gasteiger partial charge in [-0.3, -0.25) is 4.68 Å². The molecule has 110 valence electrons. The van der Waals surface area contributed by atoms with E-state index in [0.29, 0.717) is 0 Å². The van der Waals surface area contributed by atoms with Gasteiger partial charge in [-0.05, 0) is 38.0 Å². The third kappa shape index (κ3) is 2.77. The third-order valence-electron chi connectivity index (χ3n) is 3.93. The predicted molar refractivity (Wildman–Crippen MR) is 82.0 cm³/mol. The molecule has 0 aliphatic carbocycles. The molecule has 1 saturated heterocycles. The second-order valence-corrected chi connectivity index (χ2v) is 5.22. The molecule has 1 aliphatic heterocycles. The number of anilines is 1. The Balaban J connectivity index is 1.76. The number of rotatable bonds is 3. The van der Waals surface area contributed by atoms with Crippen molar-refractivity contribution in [1.29, 1.82) is 0 Å². The molecule has 1 aliphatic rings. The van der Waals surface area contributed by atoms with Crippen molar-refractivity contribution in [3.8, 4) is 0 Å². The molecule has 1 unspecified atom stereocenters. The Labute approximate surface area is 124 Å². The van der Waals surface area contributed by atoms with Crippen molar-refractivity contribution in [2.75, 3.05) is 11.9 Å². The predicted octanol–water partition coefficient (Wildman–Crippen LogP) is 3.27. The molecule has 2 amide bonds. The minimum atomic E-state index is -0.0347. The van der Waals surface area contributed by atoms with Gasteiger partial charge in [-0.15, -0.1) is 0 Å². The Kier molecular flexibility index (Phi) is 3.90. The molecule has 1 fully saturated rings. The van der Waals surface area contributed by atoms with Crippen LogP contribution in [0.1, 0.15) is 31.5 Å². The van der Waals surface area contributed by atoms with Crippen molar-refractivity contribution in [3.63, 3.8) is 0 Å². The minimum absolute atomic E-state index is 0.0347. The summed E-state index contributed by atoms with van der Waals surface area (Å²) in [6, 6.07) is 11.7. The zero-order chi connectivity index (χ0) is 14.7. The maximum Gasteiger partial charge on any atom is 0.322 e. The number of urea groups is 1. The van der Waals surface area contributed by atoms with Crippen LogP contribution in [0.3, 0.4) is 0 Å². The number of nitrogens with zero attached hydrogens (tertiary/aromatic N) is 3. The summed E-state index contributed by atoms with van der Waals surface area (Å²) in [7, 11) is 0. The second kappa shape index (κ2) is 5.99. The first-order valence-electron chi connectivity index (χ1n) is 7.44. The molecule has 3 rings (SSSR count). The lowest BCUT2D eigenvalue weighted by Crippen LogP contribution is -2.35. The largest absolute Gasteiger partial charge is 0.322 e. The van der Waals surface area contributed by atoms with Crippen molar-refractivity contribution in [2.24, 2.45) is 0 Å². The second-order valence-electron chi connectivity index (χ2n) is 5.22. The number of hydrogen-bond donors (Lipinski definition) is 1. The molecule has 0 saturated carbocycles. The van der Waals surface area contributed by atoms with E-state index in [2.05, 4.69) is 17.3 Å². The Morgan fingerprint density at radius 3 is 2.90 bits per heavy atom. The van der Waals surface area contributed by atoms with Gasteiger partial charge in [0.25, 0.3) is 0 Å². The fraction of sp³-hybridized carbons (Fsp3) is 0.375. The summed E-state index contributed by atoms with van der Waals surface area (Å²) in [6.07, 6.45) is 3.83. The SMILES string of the molecule is CCn1nccc1C1CCCN1C(=O)Nc1ccccc1. The number of aryl methyl sites for hydroxylation is 1. The molecule has 0 bridgehead atoms. The van der Waals surface area contributed by atoms with Crippen LogP contribution in [0.5, 0.6) is 0 Å². The summed E-state index contributed by atoms with van der Waals surface area (Å²) in [5, 5.41) is 7.29. The van der Waals surface area contributed by atoms with Gasteiger partial charge in [-0.25, -0.2) is 4.79 Å². The molecule has 0 radical (unpaired) electrons. The van der Waals surface area contributed by atoms with Crippen LogP contribution in [0.15, 0.2) is 42.6 Å². The highest BCUT2D eigenvalue weighted by molar-refractivity contribution is 5.89. The summed E-state index contributed by atoms with van der Waals surface area (Å²) in [6.45, 7) is 3.69. The summed E-state index contributed by atoms with van der Waals surface area (Å²) in [4.78, 5) is 14.4. The molecule has 2 aromatic rings. The average molecular weight is 284 g/mol. The highest BCUT2D eigenvalue weighted by atomic mass is 16.2. The molecule has 5 nitrogen and oxygen atoms in total. The van der Waals surface area contributed by atoms with Gasteiger partial charge in [0.05, 0.1) is 11.7 Å². The first-order chi connectivity index (χ1) is 10.3. The Morgan fingerprint density at radius 2 is 2.14 bits per heavy atom. The number of hydrogen-bond acceptors (Lipinski definition) is 2. The number of para-hydroxylation sites is 1. The van der Waals surface area contributed by atoms with E-state index in [1.807, 2.05) is 52.2 Å². The van der Waals surface area contributed by atoms with Crippen LogP contribution in [0.2, 0.25) is 0 Å². The summed E-state index contributed by atoms with van der Waals surface area (Å²) >= 11 is 0. The number of amides is 2. The van der Waals surface area contributed by atoms with Gasteiger partial charge >= 0.3 is 6.03 Å². The van der Waals surface area contributed by atoms with Gasteiger partial charge in [0.15, 0.2) is 0 Å². The zero-order valence-electron chi connectivity index (χ0n) is 12.2. The van der Waals surface area contributed by atoms with E-state index < -0.39 is 0 Å². The summed E-state index contributed by atoms with van der Waals surface area (Å²) in [5.74, 6) is 0. The number of carbonyl (C=O) groups excluding carboxylic acids is 1. The Hall–Kier alpha value is -2.30. The molecular weight excluding hydrogens is 264 g/mol. The average Bonchev–Trinajstić information content (AvgIpc) is 3.16. The standard InChI is InChI=1S/C16H20N4O/c1-2-20-15(10-11-17-20)14-9-6-12-19(14)16(21)18-13-7-4-3-5-8-13/h3-5,7-8,10-11,14H,2,6,9,12H2,1H3,(H,18,21). The van der Waals surface area contributed by atoms with Crippen molar-refractivity contribution >= 4 is 11.7 Å². The number of nitrogens with one attached hydrogen (secondary N) is 1. The van der Waals surface area contributed by atoms with E-state index in [9.17, 15) is 4.79 Å². The van der Waals surface area contributed by atoms with Gasteiger partial charge in [-0.1, -0.05) is 18.2 Å². The number of likely N-dealkylation sites (tertiary alicyclic amines) is 1. The van der Waals surface area contributed by atoms with Gasteiger partial charge in [-0.2, -0.15) is 5.10 Å². The van der Waals surface area contributed by atoms with E-state index in [1.165, 1.54) is 0 Å². The van der Waals surface area contributed by atoms with E-state index >= 15 is 0 Å². The first kappa shape index (κ1) is 13.7. The van der Waals surface area contributed by atoms with Crippen LogP contribution in [0, 0.1) is 0 Å². The lowest BCUT2D eigenvalue weighted by Gasteiger charge is -2.25. The number of benzene rings is 1. The fourth-order valence-corrected chi connectivity index (χ4v) is 2.92. The van der Waals surface area contributed by atoms with E-state index in [4.69, 9.17) is 0 Å². The molecule has 1 atom stereocenters. The summed E-state index contributed by atoms with van der Waals surface area (Å²) < 4.78 is 1.97. The van der Waals surface area contributed by atoms with E-state index in [-0.39, 0.29) is 12.1 Å². The van der Waals surface area contributed by atoms with E-state index in [1.54, 1.807) is 0 Å². The van der Waals surface area contributed by atoms with Gasteiger partial charge in [0, 0.05) is 25.0 Å².